The lowest BCUT2D eigenvalue weighted by Crippen LogP contribution is -2.12. The van der Waals surface area contributed by atoms with Gasteiger partial charge < -0.3 is 0 Å². The molecular weight excluding hydrogens is 372 g/mol. The van der Waals surface area contributed by atoms with E-state index in [2.05, 4.69) is 112 Å². The molecule has 0 radical (unpaired) electrons. The standard InChI is InChI=1S/C31H30/c1-4-9-27-28-12-7-8-13-29(28)31(2,3)30(27)20-22-14-16-24(17-15-22)26-19-18-23-10-5-6-11-25(23)21-26/h5-6,8-11,13-21H,4,7,12H2,1-3H3/b27-9-,30-20+. The lowest BCUT2D eigenvalue weighted by atomic mass is 9.79. The minimum Gasteiger partial charge on any atom is -0.0839 e. The number of rotatable bonds is 3. The van der Waals surface area contributed by atoms with E-state index in [1.807, 2.05) is 0 Å². The topological polar surface area (TPSA) is 0 Å². The Morgan fingerprint density at radius 2 is 1.61 bits per heavy atom. The van der Waals surface area contributed by atoms with Gasteiger partial charge in [0.1, 0.15) is 0 Å². The third-order valence-electron chi connectivity index (χ3n) is 6.85. The van der Waals surface area contributed by atoms with Gasteiger partial charge in [-0.05, 0) is 75.1 Å². The molecule has 0 aliphatic heterocycles. The predicted molar refractivity (Wildman–Crippen MR) is 135 cm³/mol. The minimum atomic E-state index is 0.0598. The molecule has 154 valence electrons. The van der Waals surface area contributed by atoms with Crippen molar-refractivity contribution < 1.29 is 0 Å². The van der Waals surface area contributed by atoms with Gasteiger partial charge in [-0.3, -0.25) is 0 Å². The van der Waals surface area contributed by atoms with Crippen molar-refractivity contribution in [2.24, 2.45) is 5.41 Å². The Balaban J connectivity index is 1.50. The maximum Gasteiger partial charge on any atom is 0.0155 e. The van der Waals surface area contributed by atoms with Crippen molar-refractivity contribution in [1.29, 1.82) is 0 Å². The fourth-order valence-electron chi connectivity index (χ4n) is 5.18. The summed E-state index contributed by atoms with van der Waals surface area (Å²) in [5.41, 5.74) is 9.89. The normalized spacial score (nSPS) is 20.1. The summed E-state index contributed by atoms with van der Waals surface area (Å²) in [5, 5.41) is 2.58. The molecule has 0 atom stereocenters. The van der Waals surface area contributed by atoms with Crippen LogP contribution in [0.3, 0.4) is 0 Å². The Hall–Kier alpha value is -3.12. The molecule has 3 aromatic rings. The second-order valence-electron chi connectivity index (χ2n) is 9.23. The van der Waals surface area contributed by atoms with Gasteiger partial charge in [0.15, 0.2) is 0 Å². The second kappa shape index (κ2) is 7.85. The van der Waals surface area contributed by atoms with Crippen LogP contribution < -0.4 is 0 Å². The molecule has 31 heavy (non-hydrogen) atoms. The summed E-state index contributed by atoms with van der Waals surface area (Å²) in [6, 6.07) is 24.3. The molecule has 5 rings (SSSR count). The second-order valence-corrected chi connectivity index (χ2v) is 9.23. The summed E-state index contributed by atoms with van der Waals surface area (Å²) in [4.78, 5) is 0. The fraction of sp³-hybridized carbons (Fsp3) is 0.226. The Kier molecular flexibility index (Phi) is 5.02. The predicted octanol–water partition coefficient (Wildman–Crippen LogP) is 8.91. The van der Waals surface area contributed by atoms with Crippen LogP contribution in [0, 0.1) is 5.41 Å². The summed E-state index contributed by atoms with van der Waals surface area (Å²) in [7, 11) is 0. The molecule has 0 amide bonds. The van der Waals surface area contributed by atoms with Gasteiger partial charge in [0, 0.05) is 5.41 Å². The van der Waals surface area contributed by atoms with E-state index >= 15 is 0 Å². The first kappa shape index (κ1) is 19.8. The largest absolute Gasteiger partial charge is 0.0839 e. The summed E-state index contributed by atoms with van der Waals surface area (Å²) < 4.78 is 0. The molecule has 0 heteroatoms. The van der Waals surface area contributed by atoms with Crippen molar-refractivity contribution in [2.75, 3.05) is 0 Å². The summed E-state index contributed by atoms with van der Waals surface area (Å²) in [6.07, 6.45) is 12.9. The van der Waals surface area contributed by atoms with Gasteiger partial charge in [-0.15, -0.1) is 0 Å². The highest BCUT2D eigenvalue weighted by Gasteiger charge is 2.39. The van der Waals surface area contributed by atoms with Crippen molar-refractivity contribution in [2.45, 2.75) is 40.0 Å². The molecule has 0 unspecified atom stereocenters. The van der Waals surface area contributed by atoms with Crippen molar-refractivity contribution in [3.63, 3.8) is 0 Å². The average molecular weight is 403 g/mol. The van der Waals surface area contributed by atoms with Crippen LogP contribution in [0.5, 0.6) is 0 Å². The molecule has 0 N–H and O–H groups in total. The van der Waals surface area contributed by atoms with Crippen LogP contribution in [-0.4, -0.2) is 0 Å². The molecule has 0 fully saturated rings. The number of hydrogen-bond donors (Lipinski definition) is 0. The van der Waals surface area contributed by atoms with Gasteiger partial charge in [-0.1, -0.05) is 106 Å². The van der Waals surface area contributed by atoms with E-state index < -0.39 is 0 Å². The number of hydrogen-bond acceptors (Lipinski definition) is 0. The number of benzene rings is 3. The van der Waals surface area contributed by atoms with E-state index in [1.165, 1.54) is 50.6 Å². The van der Waals surface area contributed by atoms with Crippen LogP contribution in [0.4, 0.5) is 0 Å². The molecule has 0 aromatic heterocycles. The average Bonchev–Trinajstić information content (AvgIpc) is 3.01. The van der Waals surface area contributed by atoms with Gasteiger partial charge in [0.25, 0.3) is 0 Å². The van der Waals surface area contributed by atoms with E-state index in [9.17, 15) is 0 Å². The maximum atomic E-state index is 2.43. The van der Waals surface area contributed by atoms with Gasteiger partial charge in [0.2, 0.25) is 0 Å². The lowest BCUT2D eigenvalue weighted by Gasteiger charge is -2.24. The van der Waals surface area contributed by atoms with E-state index in [0.717, 1.165) is 12.8 Å². The SMILES string of the molecule is CC/C=C1/C2=C(C=CCC2)C(C)(C)/C1=C/c1ccc(-c2ccc3ccccc3c2)cc1. The minimum absolute atomic E-state index is 0.0598. The molecule has 0 nitrogen and oxygen atoms in total. The van der Waals surface area contributed by atoms with Crippen LogP contribution >= 0.6 is 0 Å². The van der Waals surface area contributed by atoms with Crippen LogP contribution in [-0.2, 0) is 0 Å². The molecule has 0 bridgehead atoms. The fourth-order valence-corrected chi connectivity index (χ4v) is 5.18. The van der Waals surface area contributed by atoms with Gasteiger partial charge >= 0.3 is 0 Å². The highest BCUT2D eigenvalue weighted by Crippen LogP contribution is 2.53. The van der Waals surface area contributed by atoms with Gasteiger partial charge in [-0.25, -0.2) is 0 Å². The summed E-state index contributed by atoms with van der Waals surface area (Å²) >= 11 is 0. The zero-order valence-electron chi connectivity index (χ0n) is 18.8. The van der Waals surface area contributed by atoms with Crippen molar-refractivity contribution in [3.8, 4) is 11.1 Å². The third kappa shape index (κ3) is 3.51. The van der Waals surface area contributed by atoms with E-state index in [0.29, 0.717) is 0 Å². The smallest absolute Gasteiger partial charge is 0.0155 e. The molecule has 0 saturated carbocycles. The van der Waals surface area contributed by atoms with Gasteiger partial charge in [-0.2, -0.15) is 0 Å². The van der Waals surface area contributed by atoms with E-state index in [4.69, 9.17) is 0 Å². The van der Waals surface area contributed by atoms with E-state index in [-0.39, 0.29) is 5.41 Å². The molecule has 0 saturated heterocycles. The summed E-state index contributed by atoms with van der Waals surface area (Å²) in [6.45, 7) is 7.00. The molecule has 0 heterocycles. The first-order valence-corrected chi connectivity index (χ1v) is 11.5. The molecule has 2 aliphatic carbocycles. The highest BCUT2D eigenvalue weighted by atomic mass is 14.4. The van der Waals surface area contributed by atoms with E-state index in [1.54, 1.807) is 5.57 Å². The zero-order chi connectivity index (χ0) is 21.4. The van der Waals surface area contributed by atoms with Crippen LogP contribution in [0.1, 0.15) is 45.6 Å². The monoisotopic (exact) mass is 402 g/mol. The molecular formula is C31H30. The third-order valence-corrected chi connectivity index (χ3v) is 6.85. The lowest BCUT2D eigenvalue weighted by molar-refractivity contribution is 0.579. The molecule has 0 spiro atoms. The maximum absolute atomic E-state index is 2.43. The summed E-state index contributed by atoms with van der Waals surface area (Å²) in [5.74, 6) is 0. The first-order valence-electron chi connectivity index (χ1n) is 11.5. The van der Waals surface area contributed by atoms with Crippen LogP contribution in [0.2, 0.25) is 0 Å². The molecule has 3 aromatic carbocycles. The Morgan fingerprint density at radius 1 is 0.871 bits per heavy atom. The van der Waals surface area contributed by atoms with Crippen LogP contribution in [0.25, 0.3) is 28.0 Å². The van der Waals surface area contributed by atoms with Crippen molar-refractivity contribution >= 4 is 16.8 Å². The van der Waals surface area contributed by atoms with Gasteiger partial charge in [0.05, 0.1) is 0 Å². The zero-order valence-corrected chi connectivity index (χ0v) is 18.8. The van der Waals surface area contributed by atoms with Crippen molar-refractivity contribution in [1.82, 2.24) is 0 Å². The van der Waals surface area contributed by atoms with Crippen molar-refractivity contribution in [3.05, 3.63) is 113 Å². The van der Waals surface area contributed by atoms with Crippen LogP contribution in [0.15, 0.2) is 107 Å². The molecule has 2 aliphatic rings. The first-order chi connectivity index (χ1) is 15.1. The number of allylic oxidation sites excluding steroid dienone is 7. The quantitative estimate of drug-likeness (QED) is 0.410. The Bertz CT molecular complexity index is 1260. The Morgan fingerprint density at radius 3 is 2.39 bits per heavy atom. The Labute approximate surface area is 186 Å². The number of fused-ring (bicyclic) bond motifs is 1. The highest BCUT2D eigenvalue weighted by molar-refractivity contribution is 5.87.